The quantitative estimate of drug-likeness (QED) is 0.729. The number of piperidine rings is 1. The van der Waals surface area contributed by atoms with Crippen LogP contribution in [0.25, 0.3) is 5.57 Å². The van der Waals surface area contributed by atoms with Crippen LogP contribution in [0.1, 0.15) is 24.8 Å². The minimum Gasteiger partial charge on any atom is -0.496 e. The van der Waals surface area contributed by atoms with Gasteiger partial charge in [-0.1, -0.05) is 41.9 Å². The van der Waals surface area contributed by atoms with Crippen LogP contribution in [0.3, 0.4) is 0 Å². The Labute approximate surface area is 169 Å². The Hall–Kier alpha value is -2.79. The maximum atomic E-state index is 13.5. The Balaban J connectivity index is 1.89. The molecule has 0 radical (unpaired) electrons. The lowest BCUT2D eigenvalue weighted by Crippen LogP contribution is -2.37. The Morgan fingerprint density at radius 2 is 1.57 bits per heavy atom. The van der Waals surface area contributed by atoms with E-state index >= 15 is 0 Å². The molecule has 4 rings (SSSR count). The van der Waals surface area contributed by atoms with E-state index in [1.54, 1.807) is 37.4 Å². The number of methoxy groups -OCH3 is 1. The molecule has 28 heavy (non-hydrogen) atoms. The summed E-state index contributed by atoms with van der Waals surface area (Å²) in [6.07, 6.45) is 3.12. The van der Waals surface area contributed by atoms with Gasteiger partial charge in [-0.25, -0.2) is 4.90 Å². The summed E-state index contributed by atoms with van der Waals surface area (Å²) < 4.78 is 5.48. The molecule has 2 aliphatic rings. The highest BCUT2D eigenvalue weighted by molar-refractivity contribution is 6.47. The van der Waals surface area contributed by atoms with E-state index in [1.807, 2.05) is 23.1 Å². The first kappa shape index (κ1) is 18.6. The van der Waals surface area contributed by atoms with Gasteiger partial charge in [-0.05, 0) is 37.5 Å². The van der Waals surface area contributed by atoms with Crippen LogP contribution in [0.15, 0.2) is 54.2 Å². The molecule has 0 spiro atoms. The average molecular weight is 397 g/mol. The second-order valence-electron chi connectivity index (χ2n) is 6.87. The molecule has 2 aromatic rings. The number of ether oxygens (including phenoxy) is 1. The fourth-order valence-electron chi connectivity index (χ4n) is 3.87. The molecule has 1 fully saturated rings. The lowest BCUT2D eigenvalue weighted by molar-refractivity contribution is -0.120. The second kappa shape index (κ2) is 7.68. The Morgan fingerprint density at radius 3 is 2.29 bits per heavy atom. The van der Waals surface area contributed by atoms with Gasteiger partial charge in [-0.3, -0.25) is 9.59 Å². The number of para-hydroxylation sites is 2. The van der Waals surface area contributed by atoms with Crippen molar-refractivity contribution in [1.82, 2.24) is 4.90 Å². The number of likely N-dealkylation sites (tertiary alicyclic amines) is 1. The molecule has 0 saturated carbocycles. The van der Waals surface area contributed by atoms with Crippen molar-refractivity contribution in [3.05, 3.63) is 64.8 Å². The first-order valence-corrected chi connectivity index (χ1v) is 9.77. The smallest absolute Gasteiger partial charge is 0.282 e. The van der Waals surface area contributed by atoms with Crippen molar-refractivity contribution < 1.29 is 14.3 Å². The van der Waals surface area contributed by atoms with Crippen molar-refractivity contribution >= 4 is 34.7 Å². The molecule has 144 valence electrons. The highest BCUT2D eigenvalue weighted by atomic mass is 35.5. The number of rotatable bonds is 4. The molecule has 0 aliphatic carbocycles. The normalized spacial score (nSPS) is 17.5. The topological polar surface area (TPSA) is 49.9 Å². The molecule has 0 bridgehead atoms. The van der Waals surface area contributed by atoms with Gasteiger partial charge < -0.3 is 9.64 Å². The van der Waals surface area contributed by atoms with E-state index in [0.717, 1.165) is 32.4 Å². The summed E-state index contributed by atoms with van der Waals surface area (Å²) >= 11 is 6.32. The first-order chi connectivity index (χ1) is 13.6. The second-order valence-corrected chi connectivity index (χ2v) is 7.28. The maximum absolute atomic E-state index is 13.5. The first-order valence-electron chi connectivity index (χ1n) is 9.39. The van der Waals surface area contributed by atoms with Crippen molar-refractivity contribution in [3.63, 3.8) is 0 Å². The molecule has 2 amide bonds. The van der Waals surface area contributed by atoms with Crippen LogP contribution in [0, 0.1) is 0 Å². The number of halogens is 1. The minimum absolute atomic E-state index is 0.332. The molecule has 2 heterocycles. The van der Waals surface area contributed by atoms with Gasteiger partial charge in [0.25, 0.3) is 11.8 Å². The third-order valence-corrected chi connectivity index (χ3v) is 5.52. The number of hydrogen-bond acceptors (Lipinski definition) is 4. The van der Waals surface area contributed by atoms with E-state index in [0.29, 0.717) is 33.3 Å². The highest BCUT2D eigenvalue weighted by Gasteiger charge is 2.44. The molecular weight excluding hydrogens is 376 g/mol. The van der Waals surface area contributed by atoms with Crippen LogP contribution in [-0.4, -0.2) is 36.9 Å². The summed E-state index contributed by atoms with van der Waals surface area (Å²) in [5, 5.41) is 0.364. The van der Waals surface area contributed by atoms with E-state index < -0.39 is 0 Å². The Kier molecular flexibility index (Phi) is 5.09. The summed E-state index contributed by atoms with van der Waals surface area (Å²) in [4.78, 5) is 30.2. The zero-order chi connectivity index (χ0) is 19.7. The van der Waals surface area contributed by atoms with Gasteiger partial charge in [0.2, 0.25) is 0 Å². The molecule has 2 aromatic carbocycles. The SMILES string of the molecule is COc1ccccc1C1=C(N2CCCCC2)C(=O)N(c2ccccc2Cl)C1=O. The number of nitrogens with zero attached hydrogens (tertiary/aromatic N) is 2. The van der Waals surface area contributed by atoms with Crippen molar-refractivity contribution in [2.24, 2.45) is 0 Å². The lowest BCUT2D eigenvalue weighted by Gasteiger charge is -2.29. The largest absolute Gasteiger partial charge is 0.496 e. The van der Waals surface area contributed by atoms with Crippen LogP contribution in [0.5, 0.6) is 5.75 Å². The van der Waals surface area contributed by atoms with E-state index in [-0.39, 0.29) is 11.8 Å². The number of anilines is 1. The van der Waals surface area contributed by atoms with E-state index in [2.05, 4.69) is 0 Å². The molecule has 0 atom stereocenters. The number of amides is 2. The average Bonchev–Trinajstić information content (AvgIpc) is 2.99. The lowest BCUT2D eigenvalue weighted by atomic mass is 10.0. The third-order valence-electron chi connectivity index (χ3n) is 5.20. The van der Waals surface area contributed by atoms with Crippen LogP contribution < -0.4 is 9.64 Å². The molecule has 6 heteroatoms. The molecule has 2 aliphatic heterocycles. The van der Waals surface area contributed by atoms with E-state index in [4.69, 9.17) is 16.3 Å². The van der Waals surface area contributed by atoms with E-state index in [1.165, 1.54) is 4.90 Å². The van der Waals surface area contributed by atoms with Crippen LogP contribution in [-0.2, 0) is 9.59 Å². The van der Waals surface area contributed by atoms with Gasteiger partial charge >= 0.3 is 0 Å². The molecule has 5 nitrogen and oxygen atoms in total. The van der Waals surface area contributed by atoms with Gasteiger partial charge in [0.1, 0.15) is 11.4 Å². The van der Waals surface area contributed by atoms with Gasteiger partial charge in [0.15, 0.2) is 0 Å². The Morgan fingerprint density at radius 1 is 0.893 bits per heavy atom. The maximum Gasteiger partial charge on any atom is 0.282 e. The van der Waals surface area contributed by atoms with Crippen LogP contribution in [0.4, 0.5) is 5.69 Å². The van der Waals surface area contributed by atoms with Gasteiger partial charge in [-0.15, -0.1) is 0 Å². The fraction of sp³-hybridized carbons (Fsp3) is 0.273. The molecule has 0 unspecified atom stereocenters. The number of benzene rings is 2. The fourth-order valence-corrected chi connectivity index (χ4v) is 4.10. The standard InChI is InChI=1S/C22H21ClN2O3/c1-28-18-12-6-3-9-15(18)19-20(24-13-7-2-8-14-24)22(27)25(21(19)26)17-11-5-4-10-16(17)23/h3-6,9-12H,2,7-8,13-14H2,1H3. The summed E-state index contributed by atoms with van der Waals surface area (Å²) in [6, 6.07) is 14.2. The molecular formula is C22H21ClN2O3. The molecule has 0 aromatic heterocycles. The monoisotopic (exact) mass is 396 g/mol. The number of carbonyl (C=O) groups excluding carboxylic acids is 2. The number of imide groups is 1. The predicted octanol–water partition coefficient (Wildman–Crippen LogP) is 4.12. The van der Waals surface area contributed by atoms with Gasteiger partial charge in [-0.2, -0.15) is 0 Å². The van der Waals surface area contributed by atoms with Crippen molar-refractivity contribution in [3.8, 4) is 5.75 Å². The minimum atomic E-state index is -0.372. The molecule has 0 N–H and O–H groups in total. The van der Waals surface area contributed by atoms with Crippen molar-refractivity contribution in [1.29, 1.82) is 0 Å². The van der Waals surface area contributed by atoms with Crippen LogP contribution in [0.2, 0.25) is 5.02 Å². The van der Waals surface area contributed by atoms with Crippen molar-refractivity contribution in [2.75, 3.05) is 25.1 Å². The zero-order valence-electron chi connectivity index (χ0n) is 15.7. The van der Waals surface area contributed by atoms with Gasteiger partial charge in [0, 0.05) is 18.7 Å². The van der Waals surface area contributed by atoms with E-state index in [9.17, 15) is 9.59 Å². The van der Waals surface area contributed by atoms with Crippen molar-refractivity contribution in [2.45, 2.75) is 19.3 Å². The predicted molar refractivity (Wildman–Crippen MR) is 109 cm³/mol. The van der Waals surface area contributed by atoms with Gasteiger partial charge in [0.05, 0.1) is 23.4 Å². The zero-order valence-corrected chi connectivity index (χ0v) is 16.4. The summed E-state index contributed by atoms with van der Waals surface area (Å²) in [5.41, 5.74) is 1.84. The summed E-state index contributed by atoms with van der Waals surface area (Å²) in [5.74, 6) is -0.141. The Bertz CT molecular complexity index is 964. The number of hydrogen-bond donors (Lipinski definition) is 0. The molecule has 1 saturated heterocycles. The third kappa shape index (κ3) is 3.06. The summed E-state index contributed by atoms with van der Waals surface area (Å²) in [6.45, 7) is 1.51. The number of carbonyl (C=O) groups is 2. The summed E-state index contributed by atoms with van der Waals surface area (Å²) in [7, 11) is 1.56. The van der Waals surface area contributed by atoms with Crippen LogP contribution >= 0.6 is 11.6 Å². The highest BCUT2D eigenvalue weighted by Crippen LogP contribution is 2.40.